The minimum Gasteiger partial charge on any atom is -0.481 e. The summed E-state index contributed by atoms with van der Waals surface area (Å²) in [6.07, 6.45) is 5.17. The lowest BCUT2D eigenvalue weighted by Gasteiger charge is -2.34. The molecule has 21 heavy (non-hydrogen) atoms. The fourth-order valence-corrected chi connectivity index (χ4v) is 3.47. The number of hydrogen-bond donors (Lipinski definition) is 1. The molecule has 0 aromatic heterocycles. The molecule has 1 fully saturated rings. The number of sulfonamides is 1. The van der Waals surface area contributed by atoms with Gasteiger partial charge in [-0.25, -0.2) is 8.42 Å². The number of carboxylic acid groups (broad SMARTS) is 1. The van der Waals surface area contributed by atoms with E-state index in [0.717, 1.165) is 25.5 Å². The van der Waals surface area contributed by atoms with E-state index in [2.05, 4.69) is 0 Å². The van der Waals surface area contributed by atoms with E-state index in [0.29, 0.717) is 24.1 Å². The zero-order valence-electron chi connectivity index (χ0n) is 12.4. The second-order valence-electron chi connectivity index (χ2n) is 5.73. The van der Waals surface area contributed by atoms with Crippen molar-refractivity contribution in [3.63, 3.8) is 0 Å². The lowest BCUT2D eigenvalue weighted by atomic mass is 9.69. The minimum absolute atomic E-state index is 0.501. The predicted octanol–water partition coefficient (Wildman–Crippen LogP) is 2.37. The second kappa shape index (κ2) is 5.67. The molecular formula is C15H21NO4S. The first kappa shape index (κ1) is 15.8. The average Bonchev–Trinajstić information content (AvgIpc) is 2.46. The summed E-state index contributed by atoms with van der Waals surface area (Å²) < 4.78 is 24.5. The molecule has 0 amide bonds. The molecular weight excluding hydrogens is 290 g/mol. The zero-order valence-corrected chi connectivity index (χ0v) is 13.2. The Balaban J connectivity index is 2.46. The van der Waals surface area contributed by atoms with Gasteiger partial charge in [-0.15, -0.1) is 0 Å². The van der Waals surface area contributed by atoms with E-state index in [4.69, 9.17) is 0 Å². The summed E-state index contributed by atoms with van der Waals surface area (Å²) in [6.45, 7) is 0. The Morgan fingerprint density at radius 3 is 2.38 bits per heavy atom. The Hall–Kier alpha value is -1.56. The summed E-state index contributed by atoms with van der Waals surface area (Å²) in [5.74, 6) is -0.818. The maximum Gasteiger partial charge on any atom is 0.314 e. The highest BCUT2D eigenvalue weighted by atomic mass is 32.2. The van der Waals surface area contributed by atoms with E-state index >= 15 is 0 Å². The monoisotopic (exact) mass is 311 g/mol. The van der Waals surface area contributed by atoms with Crippen LogP contribution in [0.5, 0.6) is 0 Å². The van der Waals surface area contributed by atoms with Crippen molar-refractivity contribution >= 4 is 21.7 Å². The molecule has 0 heterocycles. The standard InChI is InChI=1S/C15H21NO4S/c1-16(21(2,19)20)13-8-6-7-12(11-13)15(14(17)18)9-4-3-5-10-15/h6-8,11H,3-5,9-10H2,1-2H3,(H,17,18). The highest BCUT2D eigenvalue weighted by Crippen LogP contribution is 2.40. The molecule has 1 N–H and O–H groups in total. The van der Waals surface area contributed by atoms with Gasteiger partial charge in [-0.3, -0.25) is 9.10 Å². The van der Waals surface area contributed by atoms with Crippen LogP contribution in [0.25, 0.3) is 0 Å². The Morgan fingerprint density at radius 2 is 1.86 bits per heavy atom. The van der Waals surface area contributed by atoms with E-state index in [1.54, 1.807) is 24.3 Å². The van der Waals surface area contributed by atoms with Crippen molar-refractivity contribution < 1.29 is 18.3 Å². The van der Waals surface area contributed by atoms with Crippen molar-refractivity contribution in [2.45, 2.75) is 37.5 Å². The molecule has 1 aromatic rings. The fourth-order valence-electron chi connectivity index (χ4n) is 2.97. The molecule has 0 aliphatic heterocycles. The van der Waals surface area contributed by atoms with E-state index < -0.39 is 21.4 Å². The molecule has 0 unspecified atom stereocenters. The molecule has 0 bridgehead atoms. The third-order valence-corrected chi connectivity index (χ3v) is 5.58. The van der Waals surface area contributed by atoms with Crippen LogP contribution in [0.15, 0.2) is 24.3 Å². The van der Waals surface area contributed by atoms with Crippen LogP contribution < -0.4 is 4.31 Å². The maximum atomic E-state index is 11.8. The number of carboxylic acids is 1. The summed E-state index contributed by atoms with van der Waals surface area (Å²) in [7, 11) is -1.88. The SMILES string of the molecule is CN(c1cccc(C2(C(=O)O)CCCCC2)c1)S(C)(=O)=O. The lowest BCUT2D eigenvalue weighted by Crippen LogP contribution is -2.38. The molecule has 0 saturated heterocycles. The molecule has 1 aliphatic rings. The Labute approximate surface area is 125 Å². The van der Waals surface area contributed by atoms with Gasteiger partial charge in [0.2, 0.25) is 10.0 Å². The number of carbonyl (C=O) groups is 1. The second-order valence-corrected chi connectivity index (χ2v) is 7.74. The first-order chi connectivity index (χ1) is 9.77. The smallest absolute Gasteiger partial charge is 0.314 e. The molecule has 1 aliphatic carbocycles. The molecule has 6 heteroatoms. The molecule has 116 valence electrons. The Bertz CT molecular complexity index is 633. The van der Waals surface area contributed by atoms with Crippen molar-refractivity contribution in [1.82, 2.24) is 0 Å². The van der Waals surface area contributed by atoms with Gasteiger partial charge in [-0.05, 0) is 30.5 Å². The zero-order chi connectivity index (χ0) is 15.7. The predicted molar refractivity (Wildman–Crippen MR) is 82.1 cm³/mol. The van der Waals surface area contributed by atoms with E-state index in [-0.39, 0.29) is 0 Å². The van der Waals surface area contributed by atoms with Gasteiger partial charge in [0.05, 0.1) is 17.4 Å². The summed E-state index contributed by atoms with van der Waals surface area (Å²) in [6, 6.07) is 6.90. The summed E-state index contributed by atoms with van der Waals surface area (Å²) >= 11 is 0. The van der Waals surface area contributed by atoms with Crippen molar-refractivity contribution in [2.24, 2.45) is 0 Å². The van der Waals surface area contributed by atoms with Gasteiger partial charge in [0.15, 0.2) is 0 Å². The van der Waals surface area contributed by atoms with Crippen LogP contribution in [-0.2, 0) is 20.2 Å². The van der Waals surface area contributed by atoms with Crippen LogP contribution in [0.2, 0.25) is 0 Å². The van der Waals surface area contributed by atoms with Crippen molar-refractivity contribution in [2.75, 3.05) is 17.6 Å². The van der Waals surface area contributed by atoms with E-state index in [1.165, 1.54) is 11.4 Å². The van der Waals surface area contributed by atoms with Crippen molar-refractivity contribution in [1.29, 1.82) is 0 Å². The van der Waals surface area contributed by atoms with Gasteiger partial charge in [-0.2, -0.15) is 0 Å². The molecule has 0 atom stereocenters. The quantitative estimate of drug-likeness (QED) is 0.926. The molecule has 1 saturated carbocycles. The highest BCUT2D eigenvalue weighted by Gasteiger charge is 2.41. The first-order valence-electron chi connectivity index (χ1n) is 7.05. The number of rotatable bonds is 4. The number of hydrogen-bond acceptors (Lipinski definition) is 3. The van der Waals surface area contributed by atoms with Crippen LogP contribution in [-0.4, -0.2) is 32.8 Å². The molecule has 0 spiro atoms. The van der Waals surface area contributed by atoms with Gasteiger partial charge in [-0.1, -0.05) is 31.4 Å². The molecule has 5 nitrogen and oxygen atoms in total. The normalized spacial score (nSPS) is 18.2. The summed E-state index contributed by atoms with van der Waals surface area (Å²) in [4.78, 5) is 11.8. The third-order valence-electron chi connectivity index (χ3n) is 4.38. The Morgan fingerprint density at radius 1 is 1.24 bits per heavy atom. The van der Waals surface area contributed by atoms with Gasteiger partial charge < -0.3 is 5.11 Å². The van der Waals surface area contributed by atoms with E-state index in [9.17, 15) is 18.3 Å². The Kier molecular flexibility index (Phi) is 4.27. The first-order valence-corrected chi connectivity index (χ1v) is 8.90. The topological polar surface area (TPSA) is 74.7 Å². The number of benzene rings is 1. The fraction of sp³-hybridized carbons (Fsp3) is 0.533. The lowest BCUT2D eigenvalue weighted by molar-refractivity contribution is -0.145. The summed E-state index contributed by atoms with van der Waals surface area (Å²) in [5, 5.41) is 9.70. The third kappa shape index (κ3) is 3.05. The van der Waals surface area contributed by atoms with Crippen LogP contribution in [0, 0.1) is 0 Å². The van der Waals surface area contributed by atoms with Gasteiger partial charge in [0.1, 0.15) is 0 Å². The largest absolute Gasteiger partial charge is 0.481 e. The van der Waals surface area contributed by atoms with Crippen molar-refractivity contribution in [3.05, 3.63) is 29.8 Å². The number of aliphatic carboxylic acids is 1. The van der Waals surface area contributed by atoms with Crippen LogP contribution in [0.1, 0.15) is 37.7 Å². The molecule has 1 aromatic carbocycles. The van der Waals surface area contributed by atoms with Crippen LogP contribution in [0.3, 0.4) is 0 Å². The summed E-state index contributed by atoms with van der Waals surface area (Å²) in [5.41, 5.74) is 0.316. The van der Waals surface area contributed by atoms with Crippen LogP contribution >= 0.6 is 0 Å². The molecule has 2 rings (SSSR count). The molecule has 0 radical (unpaired) electrons. The van der Waals surface area contributed by atoms with E-state index in [1.807, 2.05) is 0 Å². The van der Waals surface area contributed by atoms with Gasteiger partial charge in [0, 0.05) is 7.05 Å². The van der Waals surface area contributed by atoms with Gasteiger partial charge >= 0.3 is 5.97 Å². The minimum atomic E-state index is -3.36. The van der Waals surface area contributed by atoms with Crippen LogP contribution in [0.4, 0.5) is 5.69 Å². The maximum absolute atomic E-state index is 11.8. The average molecular weight is 311 g/mol. The number of anilines is 1. The number of nitrogens with zero attached hydrogens (tertiary/aromatic N) is 1. The van der Waals surface area contributed by atoms with Crippen molar-refractivity contribution in [3.8, 4) is 0 Å². The highest BCUT2D eigenvalue weighted by molar-refractivity contribution is 7.92. The van der Waals surface area contributed by atoms with Gasteiger partial charge in [0.25, 0.3) is 0 Å².